The third kappa shape index (κ3) is 6.99. The van der Waals surface area contributed by atoms with E-state index in [-0.39, 0.29) is 5.91 Å². The summed E-state index contributed by atoms with van der Waals surface area (Å²) in [5.41, 5.74) is 9.41. The molecule has 0 saturated heterocycles. The molecule has 274 valence electrons. The number of aryl methyl sites for hydroxylation is 1. The maximum Gasteiger partial charge on any atom is 0.273 e. The van der Waals surface area contributed by atoms with E-state index in [1.807, 2.05) is 17.0 Å². The van der Waals surface area contributed by atoms with Crippen molar-refractivity contribution >= 4 is 45.1 Å². The minimum absolute atomic E-state index is 0.0837. The van der Waals surface area contributed by atoms with Crippen LogP contribution in [0.2, 0.25) is 0 Å². The molecule has 0 fully saturated rings. The van der Waals surface area contributed by atoms with Crippen LogP contribution in [0.15, 0.2) is 88.5 Å². The van der Waals surface area contributed by atoms with Gasteiger partial charge in [-0.15, -0.1) is 0 Å². The van der Waals surface area contributed by atoms with Crippen molar-refractivity contribution in [1.82, 2.24) is 24.6 Å². The zero-order valence-electron chi connectivity index (χ0n) is 30.9. The fourth-order valence-electron chi connectivity index (χ4n) is 8.23. The number of rotatable bonds is 8. The average Bonchev–Trinajstić information content (AvgIpc) is 3.47. The van der Waals surface area contributed by atoms with Crippen LogP contribution in [0.5, 0.6) is 0 Å². The number of anilines is 2. The van der Waals surface area contributed by atoms with E-state index in [1.165, 1.54) is 27.9 Å². The molecule has 11 heteroatoms. The Kier molecular flexibility index (Phi) is 10.1. The third-order valence-electron chi connectivity index (χ3n) is 11.0. The van der Waals surface area contributed by atoms with Gasteiger partial charge in [0, 0.05) is 62.3 Å². The van der Waals surface area contributed by atoms with Crippen LogP contribution < -0.4 is 9.80 Å². The van der Waals surface area contributed by atoms with Crippen molar-refractivity contribution in [2.24, 2.45) is 0 Å². The molecular formula is C42H46BrN7O2S. The molecule has 0 saturated carbocycles. The number of ether oxygens (including phenoxy) is 1. The van der Waals surface area contributed by atoms with Gasteiger partial charge in [0.25, 0.3) is 5.91 Å². The van der Waals surface area contributed by atoms with Gasteiger partial charge in [-0.1, -0.05) is 85.4 Å². The van der Waals surface area contributed by atoms with Crippen LogP contribution in [-0.4, -0.2) is 57.5 Å². The van der Waals surface area contributed by atoms with E-state index in [0.717, 1.165) is 77.8 Å². The lowest BCUT2D eigenvalue weighted by Crippen LogP contribution is -2.42. The monoisotopic (exact) mass is 791 g/mol. The summed E-state index contributed by atoms with van der Waals surface area (Å²) in [5, 5.41) is 5.44. The molecule has 3 aliphatic rings. The number of fused-ring (bicyclic) bond motifs is 4. The molecule has 2 unspecified atom stereocenters. The number of halogens is 1. The largest absolute Gasteiger partial charge is 0.365 e. The minimum Gasteiger partial charge on any atom is -0.365 e. The average molecular weight is 793 g/mol. The van der Waals surface area contributed by atoms with Crippen LogP contribution in [0.1, 0.15) is 81.8 Å². The van der Waals surface area contributed by atoms with Crippen molar-refractivity contribution in [2.75, 3.05) is 36.7 Å². The highest BCUT2D eigenvalue weighted by atomic mass is 79.9. The number of amides is 1. The first-order valence-electron chi connectivity index (χ1n) is 18.5. The van der Waals surface area contributed by atoms with Crippen molar-refractivity contribution in [2.45, 2.75) is 82.1 Å². The Labute approximate surface area is 324 Å². The van der Waals surface area contributed by atoms with E-state index >= 15 is 0 Å². The lowest BCUT2D eigenvalue weighted by molar-refractivity contribution is -0.0877. The quantitative estimate of drug-likeness (QED) is 0.115. The van der Waals surface area contributed by atoms with Gasteiger partial charge in [0.05, 0.1) is 30.2 Å². The first-order chi connectivity index (χ1) is 25.7. The molecule has 0 bridgehead atoms. The standard InChI is InChI=1S/C42H46BrN7O2S/c1-28-18-19-42(37-32(28)16-17-36(38(37)43)49(24-29-12-7-5-8-13-29)25-30-14-9-6-10-15-30)23-35-33(27-52-42)39(45-41(44-35)53-4)48-20-11-21-50-31(26-48)22-34(46-50)40(51)47(2)3/h5-10,12-17,22,28H,11,18-21,23-27H2,1-4H3. The highest BCUT2D eigenvalue weighted by Gasteiger charge is 2.46. The van der Waals surface area contributed by atoms with Gasteiger partial charge in [-0.25, -0.2) is 9.97 Å². The zero-order chi connectivity index (χ0) is 36.7. The maximum absolute atomic E-state index is 12.8. The maximum atomic E-state index is 12.8. The van der Waals surface area contributed by atoms with Gasteiger partial charge in [-0.2, -0.15) is 5.10 Å². The van der Waals surface area contributed by atoms with Gasteiger partial charge >= 0.3 is 0 Å². The predicted molar refractivity (Wildman–Crippen MR) is 214 cm³/mol. The Morgan fingerprint density at radius 3 is 2.40 bits per heavy atom. The van der Waals surface area contributed by atoms with Crippen molar-refractivity contribution in [1.29, 1.82) is 0 Å². The molecule has 2 aliphatic heterocycles. The molecule has 2 atom stereocenters. The lowest BCUT2D eigenvalue weighted by Gasteiger charge is -2.45. The van der Waals surface area contributed by atoms with E-state index in [1.54, 1.807) is 30.8 Å². The highest BCUT2D eigenvalue weighted by Crippen LogP contribution is 2.53. The number of hydrogen-bond acceptors (Lipinski definition) is 8. The first-order valence-corrected chi connectivity index (χ1v) is 20.5. The van der Waals surface area contributed by atoms with E-state index in [9.17, 15) is 4.79 Å². The smallest absolute Gasteiger partial charge is 0.273 e. The van der Waals surface area contributed by atoms with E-state index in [2.05, 4.69) is 111 Å². The summed E-state index contributed by atoms with van der Waals surface area (Å²) in [6.45, 7) is 6.54. The highest BCUT2D eigenvalue weighted by molar-refractivity contribution is 9.10. The number of nitrogens with zero attached hydrogens (tertiary/aromatic N) is 7. The Bertz CT molecular complexity index is 2080. The van der Waals surface area contributed by atoms with Crippen molar-refractivity contribution in [3.8, 4) is 0 Å². The second kappa shape index (κ2) is 14.9. The summed E-state index contributed by atoms with van der Waals surface area (Å²) >= 11 is 5.80. The second-order valence-corrected chi connectivity index (χ2v) is 16.3. The van der Waals surface area contributed by atoms with Crippen LogP contribution >= 0.6 is 27.7 Å². The van der Waals surface area contributed by atoms with Gasteiger partial charge in [0.2, 0.25) is 0 Å². The molecule has 3 aromatic carbocycles. The molecule has 8 rings (SSSR count). The molecule has 9 nitrogen and oxygen atoms in total. The van der Waals surface area contributed by atoms with Crippen LogP contribution in [0.25, 0.3) is 0 Å². The molecule has 5 aromatic rings. The number of thioether (sulfide) groups is 1. The normalized spacial score (nSPS) is 19.3. The lowest BCUT2D eigenvalue weighted by atomic mass is 9.71. The fourth-order valence-corrected chi connectivity index (χ4v) is 9.59. The first kappa shape index (κ1) is 35.8. The number of carbonyl (C=O) groups is 1. The molecule has 0 radical (unpaired) electrons. The fraction of sp³-hybridized carbons (Fsp3) is 0.381. The van der Waals surface area contributed by atoms with Crippen molar-refractivity contribution in [3.63, 3.8) is 0 Å². The van der Waals surface area contributed by atoms with Crippen LogP contribution in [0.4, 0.5) is 11.5 Å². The van der Waals surface area contributed by atoms with Crippen LogP contribution in [0, 0.1) is 0 Å². The molecule has 2 aromatic heterocycles. The van der Waals surface area contributed by atoms with Gasteiger partial charge in [-0.3, -0.25) is 9.48 Å². The summed E-state index contributed by atoms with van der Waals surface area (Å²) in [6.07, 6.45) is 5.58. The van der Waals surface area contributed by atoms with Gasteiger partial charge in [-0.05, 0) is 76.2 Å². The molecular weight excluding hydrogens is 746 g/mol. The molecule has 4 heterocycles. The molecule has 53 heavy (non-hydrogen) atoms. The summed E-state index contributed by atoms with van der Waals surface area (Å²) in [5.74, 6) is 1.26. The van der Waals surface area contributed by atoms with Gasteiger partial charge in [0.1, 0.15) is 11.4 Å². The van der Waals surface area contributed by atoms with E-state index < -0.39 is 5.60 Å². The SMILES string of the molecule is CSc1nc2c(c(N3CCCn4nc(C(=O)N(C)C)cc4C3)n1)COC1(CCC(C)c3ccc(N(Cc4ccccc4)Cc4ccccc4)c(Br)c31)C2. The predicted octanol–water partition coefficient (Wildman–Crippen LogP) is 8.34. The van der Waals surface area contributed by atoms with Crippen molar-refractivity contribution < 1.29 is 9.53 Å². The third-order valence-corrected chi connectivity index (χ3v) is 12.4. The molecule has 0 N–H and O–H groups in total. The Hall–Kier alpha value is -4.19. The summed E-state index contributed by atoms with van der Waals surface area (Å²) < 4.78 is 10.3. The summed E-state index contributed by atoms with van der Waals surface area (Å²) in [7, 11) is 3.53. The number of hydrogen-bond donors (Lipinski definition) is 0. The Morgan fingerprint density at radius 1 is 1.00 bits per heavy atom. The summed E-state index contributed by atoms with van der Waals surface area (Å²) in [4.78, 5) is 29.5. The molecule has 1 amide bonds. The topological polar surface area (TPSA) is 79.6 Å². The second-order valence-electron chi connectivity index (χ2n) is 14.8. The van der Waals surface area contributed by atoms with Crippen LogP contribution in [-0.2, 0) is 49.5 Å². The van der Waals surface area contributed by atoms with Gasteiger partial charge < -0.3 is 19.4 Å². The van der Waals surface area contributed by atoms with E-state index in [4.69, 9.17) is 14.7 Å². The minimum atomic E-state index is -0.519. The molecule has 1 aliphatic carbocycles. The molecule has 1 spiro atoms. The van der Waals surface area contributed by atoms with Crippen LogP contribution in [0.3, 0.4) is 0 Å². The van der Waals surface area contributed by atoms with Gasteiger partial charge in [0.15, 0.2) is 10.9 Å². The summed E-state index contributed by atoms with van der Waals surface area (Å²) in [6, 6.07) is 28.0. The number of aromatic nitrogens is 4. The number of carbonyl (C=O) groups excluding carboxylic acids is 1. The zero-order valence-corrected chi connectivity index (χ0v) is 33.3. The Balaban J connectivity index is 1.17. The Morgan fingerprint density at radius 2 is 1.72 bits per heavy atom. The van der Waals surface area contributed by atoms with Crippen molar-refractivity contribution in [3.05, 3.63) is 128 Å². The number of benzene rings is 3. The van der Waals surface area contributed by atoms with E-state index in [0.29, 0.717) is 31.2 Å².